The third-order valence-electron chi connectivity index (χ3n) is 3.42. The predicted octanol–water partition coefficient (Wildman–Crippen LogP) is 4.67. The van der Waals surface area contributed by atoms with Gasteiger partial charge in [0.15, 0.2) is 0 Å². The second-order valence-corrected chi connectivity index (χ2v) is 6.17. The minimum Gasteiger partial charge on any atom is -0.126 e. The van der Waals surface area contributed by atoms with Crippen LogP contribution >= 0.6 is 11.8 Å². The highest BCUT2D eigenvalue weighted by molar-refractivity contribution is 7.99. The highest BCUT2D eigenvalue weighted by atomic mass is 32.2. The maximum Gasteiger partial charge on any atom is 0.00723 e. The molecule has 82 valence electrons. The van der Waals surface area contributed by atoms with E-state index in [9.17, 15) is 0 Å². The topological polar surface area (TPSA) is 0 Å². The lowest BCUT2D eigenvalue weighted by Crippen LogP contribution is -2.13. The van der Waals surface area contributed by atoms with Crippen LogP contribution in [0.4, 0.5) is 0 Å². The molecular weight excluding hydrogens is 200 g/mol. The monoisotopic (exact) mass is 220 g/mol. The van der Waals surface area contributed by atoms with E-state index in [4.69, 9.17) is 0 Å². The zero-order chi connectivity index (χ0) is 10.7. The Balaban J connectivity index is 1.90. The van der Waals surface area contributed by atoms with Crippen molar-refractivity contribution < 1.29 is 0 Å². The molecule has 2 rings (SSSR count). The lowest BCUT2D eigenvalue weighted by atomic mass is 9.92. The molecule has 1 aliphatic rings. The van der Waals surface area contributed by atoms with Crippen LogP contribution in [0.25, 0.3) is 0 Å². The molecule has 0 nitrogen and oxygen atoms in total. The molecule has 1 aromatic carbocycles. The van der Waals surface area contributed by atoms with Crippen LogP contribution in [0.15, 0.2) is 29.2 Å². The Morgan fingerprint density at radius 3 is 2.33 bits per heavy atom. The van der Waals surface area contributed by atoms with Crippen molar-refractivity contribution >= 4 is 11.8 Å². The molecular formula is C14H20S. The Morgan fingerprint density at radius 2 is 1.73 bits per heavy atom. The van der Waals surface area contributed by atoms with Gasteiger partial charge in [0.1, 0.15) is 0 Å². The minimum atomic E-state index is 0.607. The van der Waals surface area contributed by atoms with E-state index in [1.54, 1.807) is 0 Å². The lowest BCUT2D eigenvalue weighted by molar-refractivity contribution is 0.392. The van der Waals surface area contributed by atoms with Gasteiger partial charge in [0.25, 0.3) is 0 Å². The fourth-order valence-corrected chi connectivity index (χ4v) is 3.40. The highest BCUT2D eigenvalue weighted by Crippen LogP contribution is 2.41. The van der Waals surface area contributed by atoms with Crippen LogP contribution in [0, 0.1) is 12.3 Å². The first-order chi connectivity index (χ1) is 7.18. The molecule has 1 aliphatic carbocycles. The maximum absolute atomic E-state index is 2.45. The van der Waals surface area contributed by atoms with Crippen LogP contribution in [-0.4, -0.2) is 5.75 Å². The van der Waals surface area contributed by atoms with E-state index in [0.717, 1.165) is 0 Å². The summed E-state index contributed by atoms with van der Waals surface area (Å²) in [6, 6.07) is 8.91. The Morgan fingerprint density at radius 1 is 1.13 bits per heavy atom. The number of aryl methyl sites for hydroxylation is 1. The Hall–Kier alpha value is -0.430. The molecule has 1 fully saturated rings. The van der Waals surface area contributed by atoms with Crippen molar-refractivity contribution in [3.8, 4) is 0 Å². The van der Waals surface area contributed by atoms with E-state index in [-0.39, 0.29) is 0 Å². The van der Waals surface area contributed by atoms with E-state index in [1.165, 1.54) is 41.9 Å². The first-order valence-electron chi connectivity index (χ1n) is 5.87. The van der Waals surface area contributed by atoms with Crippen molar-refractivity contribution in [2.24, 2.45) is 5.41 Å². The Labute approximate surface area is 97.5 Å². The standard InChI is InChI=1S/C14H20S/c1-12-5-7-13(8-6-12)15-11-14(2)9-3-4-10-14/h5-8H,3-4,9-11H2,1-2H3. The summed E-state index contributed by atoms with van der Waals surface area (Å²) in [6.45, 7) is 4.59. The van der Waals surface area contributed by atoms with Gasteiger partial charge in [-0.05, 0) is 37.3 Å². The number of thioether (sulfide) groups is 1. The maximum atomic E-state index is 2.45. The second kappa shape index (κ2) is 4.61. The zero-order valence-electron chi connectivity index (χ0n) is 9.75. The van der Waals surface area contributed by atoms with Gasteiger partial charge in [-0.25, -0.2) is 0 Å². The van der Waals surface area contributed by atoms with Crippen LogP contribution in [0.3, 0.4) is 0 Å². The first-order valence-corrected chi connectivity index (χ1v) is 6.86. The molecule has 0 bridgehead atoms. The molecule has 0 amide bonds. The van der Waals surface area contributed by atoms with Crippen LogP contribution in [0.1, 0.15) is 38.2 Å². The molecule has 0 aliphatic heterocycles. The zero-order valence-corrected chi connectivity index (χ0v) is 10.6. The van der Waals surface area contributed by atoms with E-state index >= 15 is 0 Å². The summed E-state index contributed by atoms with van der Waals surface area (Å²) in [4.78, 5) is 1.42. The fraction of sp³-hybridized carbons (Fsp3) is 0.571. The number of rotatable bonds is 3. The lowest BCUT2D eigenvalue weighted by Gasteiger charge is -2.22. The van der Waals surface area contributed by atoms with Crippen molar-refractivity contribution in [2.75, 3.05) is 5.75 Å². The van der Waals surface area contributed by atoms with Crippen molar-refractivity contribution in [3.05, 3.63) is 29.8 Å². The summed E-state index contributed by atoms with van der Waals surface area (Å²) < 4.78 is 0. The minimum absolute atomic E-state index is 0.607. The summed E-state index contributed by atoms with van der Waals surface area (Å²) in [5.74, 6) is 1.29. The molecule has 0 radical (unpaired) electrons. The second-order valence-electron chi connectivity index (χ2n) is 5.12. The molecule has 1 heteroatoms. The average Bonchev–Trinajstić information content (AvgIpc) is 2.65. The van der Waals surface area contributed by atoms with Crippen molar-refractivity contribution in [1.82, 2.24) is 0 Å². The van der Waals surface area contributed by atoms with E-state index < -0.39 is 0 Å². The molecule has 0 N–H and O–H groups in total. The van der Waals surface area contributed by atoms with Gasteiger partial charge in [-0.1, -0.05) is 37.5 Å². The fourth-order valence-electron chi connectivity index (χ4n) is 2.26. The van der Waals surface area contributed by atoms with Gasteiger partial charge in [-0.15, -0.1) is 11.8 Å². The molecule has 0 spiro atoms. The van der Waals surface area contributed by atoms with Crippen LogP contribution in [-0.2, 0) is 0 Å². The molecule has 0 heterocycles. The summed E-state index contributed by atoms with van der Waals surface area (Å²) in [5, 5.41) is 0. The van der Waals surface area contributed by atoms with Crippen LogP contribution in [0.2, 0.25) is 0 Å². The largest absolute Gasteiger partial charge is 0.126 e. The average molecular weight is 220 g/mol. The van der Waals surface area contributed by atoms with E-state index in [1.807, 2.05) is 11.8 Å². The van der Waals surface area contributed by atoms with Crippen molar-refractivity contribution in [1.29, 1.82) is 0 Å². The van der Waals surface area contributed by atoms with Gasteiger partial charge in [0, 0.05) is 10.6 Å². The molecule has 0 aromatic heterocycles. The van der Waals surface area contributed by atoms with Gasteiger partial charge >= 0.3 is 0 Å². The molecule has 0 atom stereocenters. The van der Waals surface area contributed by atoms with E-state index in [0.29, 0.717) is 5.41 Å². The van der Waals surface area contributed by atoms with Gasteiger partial charge in [-0.3, -0.25) is 0 Å². The number of benzene rings is 1. The van der Waals surface area contributed by atoms with Gasteiger partial charge in [-0.2, -0.15) is 0 Å². The number of hydrogen-bond donors (Lipinski definition) is 0. The van der Waals surface area contributed by atoms with Gasteiger partial charge in [0.2, 0.25) is 0 Å². The normalized spacial score (nSPS) is 19.3. The predicted molar refractivity (Wildman–Crippen MR) is 68.5 cm³/mol. The molecule has 0 saturated heterocycles. The number of hydrogen-bond acceptors (Lipinski definition) is 1. The van der Waals surface area contributed by atoms with Crippen LogP contribution < -0.4 is 0 Å². The third kappa shape index (κ3) is 3.01. The Bertz CT molecular complexity index is 307. The molecule has 1 aromatic rings. The highest BCUT2D eigenvalue weighted by Gasteiger charge is 2.28. The third-order valence-corrected chi connectivity index (χ3v) is 4.87. The van der Waals surface area contributed by atoms with Crippen molar-refractivity contribution in [3.63, 3.8) is 0 Å². The Kier molecular flexibility index (Phi) is 3.40. The van der Waals surface area contributed by atoms with Gasteiger partial charge < -0.3 is 0 Å². The van der Waals surface area contributed by atoms with Crippen LogP contribution in [0.5, 0.6) is 0 Å². The van der Waals surface area contributed by atoms with Gasteiger partial charge in [0.05, 0.1) is 0 Å². The molecule has 1 saturated carbocycles. The van der Waals surface area contributed by atoms with E-state index in [2.05, 4.69) is 38.1 Å². The smallest absolute Gasteiger partial charge is 0.00723 e. The quantitative estimate of drug-likeness (QED) is 0.667. The summed E-state index contributed by atoms with van der Waals surface area (Å²) in [6.07, 6.45) is 5.72. The summed E-state index contributed by atoms with van der Waals surface area (Å²) in [7, 11) is 0. The first kappa shape index (κ1) is 11.1. The van der Waals surface area contributed by atoms with Crippen molar-refractivity contribution in [2.45, 2.75) is 44.4 Å². The molecule has 0 unspecified atom stereocenters. The summed E-state index contributed by atoms with van der Waals surface area (Å²) in [5.41, 5.74) is 1.96. The SMILES string of the molecule is Cc1ccc(SCC2(C)CCCC2)cc1. The molecule has 15 heavy (non-hydrogen) atoms. The summed E-state index contributed by atoms with van der Waals surface area (Å²) >= 11 is 2.03.